The number of ketones is 1. The number of aryl methyl sites for hydroxylation is 1. The van der Waals surface area contributed by atoms with E-state index in [1.807, 2.05) is 6.92 Å². The fraction of sp³-hybridized carbons (Fsp3) is 0.154. The third kappa shape index (κ3) is 2.77. The van der Waals surface area contributed by atoms with Gasteiger partial charge in [-0.25, -0.2) is 8.78 Å². The third-order valence-electron chi connectivity index (χ3n) is 2.42. The van der Waals surface area contributed by atoms with Gasteiger partial charge in [-0.3, -0.25) is 4.79 Å². The molecule has 1 nitrogen and oxygen atoms in total. The summed E-state index contributed by atoms with van der Waals surface area (Å²) in [6.07, 6.45) is -0.0394. The molecule has 0 saturated carbocycles. The van der Waals surface area contributed by atoms with Gasteiger partial charge in [0.1, 0.15) is 11.6 Å². The second-order valence-electron chi connectivity index (χ2n) is 3.78. The molecule has 2 rings (SSSR count). The van der Waals surface area contributed by atoms with Crippen LogP contribution in [0.4, 0.5) is 8.78 Å². The van der Waals surface area contributed by atoms with E-state index in [1.165, 1.54) is 17.4 Å². The maximum atomic E-state index is 13.3. The monoisotopic (exact) mass is 252 g/mol. The van der Waals surface area contributed by atoms with E-state index in [2.05, 4.69) is 0 Å². The Bertz CT molecular complexity index is 560. The fourth-order valence-electron chi connectivity index (χ4n) is 1.53. The summed E-state index contributed by atoms with van der Waals surface area (Å²) in [5.74, 6) is -1.46. The Morgan fingerprint density at radius 1 is 1.29 bits per heavy atom. The van der Waals surface area contributed by atoms with Crippen LogP contribution in [0.2, 0.25) is 0 Å². The summed E-state index contributed by atoms with van der Waals surface area (Å²) < 4.78 is 26.0. The number of benzene rings is 1. The van der Waals surface area contributed by atoms with Gasteiger partial charge in [0.2, 0.25) is 0 Å². The average Bonchev–Trinajstić information content (AvgIpc) is 2.69. The topological polar surface area (TPSA) is 17.1 Å². The van der Waals surface area contributed by atoms with Crippen molar-refractivity contribution in [2.45, 2.75) is 13.3 Å². The molecule has 4 heteroatoms. The molecule has 0 aliphatic rings. The van der Waals surface area contributed by atoms with Crippen molar-refractivity contribution in [2.24, 2.45) is 0 Å². The summed E-state index contributed by atoms with van der Waals surface area (Å²) in [5, 5.41) is 1.75. The Balaban J connectivity index is 2.18. The van der Waals surface area contributed by atoms with Gasteiger partial charge in [-0.1, -0.05) is 6.07 Å². The zero-order chi connectivity index (χ0) is 12.4. The van der Waals surface area contributed by atoms with Crippen molar-refractivity contribution in [2.75, 3.05) is 0 Å². The highest BCUT2D eigenvalue weighted by Crippen LogP contribution is 2.17. The number of hydrogen-bond donors (Lipinski definition) is 0. The lowest BCUT2D eigenvalue weighted by Gasteiger charge is -2.01. The van der Waals surface area contributed by atoms with E-state index in [1.54, 1.807) is 11.4 Å². The van der Waals surface area contributed by atoms with Gasteiger partial charge in [-0.2, -0.15) is 0 Å². The maximum absolute atomic E-state index is 13.3. The van der Waals surface area contributed by atoms with Crippen LogP contribution >= 0.6 is 11.3 Å². The van der Waals surface area contributed by atoms with Crippen molar-refractivity contribution in [1.82, 2.24) is 0 Å². The highest BCUT2D eigenvalue weighted by Gasteiger charge is 2.12. The first-order valence-electron chi connectivity index (χ1n) is 5.08. The summed E-state index contributed by atoms with van der Waals surface area (Å²) in [5.41, 5.74) is 0.802. The van der Waals surface area contributed by atoms with E-state index < -0.39 is 11.6 Å². The Morgan fingerprint density at radius 3 is 2.65 bits per heavy atom. The van der Waals surface area contributed by atoms with Crippen LogP contribution < -0.4 is 0 Å². The van der Waals surface area contributed by atoms with Gasteiger partial charge in [-0.15, -0.1) is 11.3 Å². The van der Waals surface area contributed by atoms with Crippen molar-refractivity contribution in [3.05, 3.63) is 57.3 Å². The number of thiophene rings is 1. The smallest absolute Gasteiger partial charge is 0.168 e. The number of hydrogen-bond acceptors (Lipinski definition) is 2. The van der Waals surface area contributed by atoms with E-state index in [-0.39, 0.29) is 17.8 Å². The van der Waals surface area contributed by atoms with Crippen LogP contribution in [-0.4, -0.2) is 5.78 Å². The van der Waals surface area contributed by atoms with Gasteiger partial charge in [0.05, 0.1) is 0 Å². The molecule has 88 valence electrons. The lowest BCUT2D eigenvalue weighted by molar-refractivity contribution is 0.0992. The molecule has 0 saturated heterocycles. The molecule has 0 aliphatic heterocycles. The van der Waals surface area contributed by atoms with Crippen LogP contribution in [0.1, 0.15) is 20.8 Å². The van der Waals surface area contributed by atoms with Crippen molar-refractivity contribution in [3.63, 3.8) is 0 Å². The van der Waals surface area contributed by atoms with Gasteiger partial charge >= 0.3 is 0 Å². The first-order valence-corrected chi connectivity index (χ1v) is 5.96. The molecule has 0 atom stereocenters. The molecule has 0 fully saturated rings. The molecule has 1 heterocycles. The Kier molecular flexibility index (Phi) is 3.33. The average molecular weight is 252 g/mol. The molecule has 0 unspecified atom stereocenters. The van der Waals surface area contributed by atoms with Crippen LogP contribution in [0.15, 0.2) is 29.6 Å². The van der Waals surface area contributed by atoms with E-state index in [4.69, 9.17) is 0 Å². The quantitative estimate of drug-likeness (QED) is 0.760. The van der Waals surface area contributed by atoms with Gasteiger partial charge in [0, 0.05) is 28.3 Å². The Morgan fingerprint density at radius 2 is 2.06 bits per heavy atom. The summed E-state index contributed by atoms with van der Waals surface area (Å²) in [7, 11) is 0. The second-order valence-corrected chi connectivity index (χ2v) is 4.90. The van der Waals surface area contributed by atoms with Crippen molar-refractivity contribution in [3.8, 4) is 0 Å². The van der Waals surface area contributed by atoms with Crippen LogP contribution in [0.5, 0.6) is 0 Å². The number of Topliss-reactive ketones (excluding diaryl/α,β-unsaturated/α-hetero) is 1. The molecule has 1 aromatic heterocycles. The fourth-order valence-corrected chi connectivity index (χ4v) is 2.24. The van der Waals surface area contributed by atoms with E-state index in [9.17, 15) is 13.6 Å². The van der Waals surface area contributed by atoms with Gasteiger partial charge < -0.3 is 0 Å². The first kappa shape index (κ1) is 11.9. The van der Waals surface area contributed by atoms with Crippen molar-refractivity contribution < 1.29 is 13.6 Å². The van der Waals surface area contributed by atoms with Crippen LogP contribution in [0.3, 0.4) is 0 Å². The van der Waals surface area contributed by atoms with Gasteiger partial charge in [0.25, 0.3) is 0 Å². The molecular weight excluding hydrogens is 242 g/mol. The molecule has 0 amide bonds. The summed E-state index contributed by atoms with van der Waals surface area (Å²) >= 11 is 1.48. The Labute approximate surface area is 102 Å². The number of rotatable bonds is 3. The van der Waals surface area contributed by atoms with Crippen molar-refractivity contribution >= 4 is 17.1 Å². The molecular formula is C13H10F2OS. The lowest BCUT2D eigenvalue weighted by atomic mass is 10.0. The zero-order valence-corrected chi connectivity index (χ0v) is 9.98. The third-order valence-corrected chi connectivity index (χ3v) is 3.28. The molecule has 2 aromatic rings. The normalized spacial score (nSPS) is 10.5. The largest absolute Gasteiger partial charge is 0.294 e. The highest BCUT2D eigenvalue weighted by molar-refractivity contribution is 7.10. The molecule has 0 N–H and O–H groups in total. The predicted molar refractivity (Wildman–Crippen MR) is 63.4 cm³/mol. The summed E-state index contributed by atoms with van der Waals surface area (Å²) in [6.45, 7) is 1.90. The lowest BCUT2D eigenvalue weighted by Crippen LogP contribution is -2.04. The van der Waals surface area contributed by atoms with E-state index >= 15 is 0 Å². The Hall–Kier alpha value is -1.55. The molecule has 0 radical (unpaired) electrons. The predicted octanol–water partition coefficient (Wildman–Crippen LogP) is 3.76. The molecule has 0 bridgehead atoms. The van der Waals surface area contributed by atoms with Crippen LogP contribution in [0.25, 0.3) is 0 Å². The standard InChI is InChI=1S/C13H10F2OS/c1-8-4-10(7-17-8)13(16)5-9-2-3-11(14)6-12(9)15/h2-4,6-7H,5H2,1H3. The molecule has 17 heavy (non-hydrogen) atoms. The van der Waals surface area contributed by atoms with E-state index in [0.29, 0.717) is 5.56 Å². The first-order chi connectivity index (χ1) is 8.06. The SMILES string of the molecule is Cc1cc(C(=O)Cc2ccc(F)cc2F)cs1. The maximum Gasteiger partial charge on any atom is 0.168 e. The van der Waals surface area contributed by atoms with Crippen LogP contribution in [-0.2, 0) is 6.42 Å². The highest BCUT2D eigenvalue weighted by atomic mass is 32.1. The zero-order valence-electron chi connectivity index (χ0n) is 9.17. The molecule has 0 aliphatic carbocycles. The number of carbonyl (C=O) groups excluding carboxylic acids is 1. The minimum Gasteiger partial charge on any atom is -0.294 e. The second kappa shape index (κ2) is 4.75. The summed E-state index contributed by atoms with van der Waals surface area (Å²) in [4.78, 5) is 12.8. The minimum absolute atomic E-state index is 0.0394. The van der Waals surface area contributed by atoms with Gasteiger partial charge in [-0.05, 0) is 24.6 Å². The molecule has 0 spiro atoms. The minimum atomic E-state index is -0.676. The summed E-state index contributed by atoms with van der Waals surface area (Å²) in [6, 6.07) is 5.03. The van der Waals surface area contributed by atoms with Crippen molar-refractivity contribution in [1.29, 1.82) is 0 Å². The molecule has 1 aromatic carbocycles. The number of carbonyl (C=O) groups is 1. The van der Waals surface area contributed by atoms with Crippen LogP contribution in [0, 0.1) is 18.6 Å². The van der Waals surface area contributed by atoms with E-state index in [0.717, 1.165) is 17.0 Å². The number of halogens is 2. The van der Waals surface area contributed by atoms with Gasteiger partial charge in [0.15, 0.2) is 5.78 Å².